The number of hydrogen-bond acceptors (Lipinski definition) is 2. The first kappa shape index (κ1) is 10.9. The van der Waals surface area contributed by atoms with E-state index in [1.54, 1.807) is 11.8 Å². The van der Waals surface area contributed by atoms with Crippen LogP contribution in [0, 0.1) is 25.2 Å². The third kappa shape index (κ3) is 2.65. The molecular formula is C12H13NS. The zero-order valence-electron chi connectivity index (χ0n) is 8.66. The van der Waals surface area contributed by atoms with Crippen LogP contribution in [0.3, 0.4) is 0 Å². The lowest BCUT2D eigenvalue weighted by molar-refractivity contribution is 1.22. The molecule has 72 valence electrons. The average Bonchev–Trinajstić information content (AvgIpc) is 2.16. The van der Waals surface area contributed by atoms with Gasteiger partial charge in [-0.25, -0.2) is 0 Å². The zero-order valence-corrected chi connectivity index (χ0v) is 9.48. The standard InChI is InChI=1S/C12H13NS/c1-9(7-13)8-14-12-10(2)5-4-6-11(12)3/h4-6,8H,1-3H3. The summed E-state index contributed by atoms with van der Waals surface area (Å²) in [5, 5.41) is 10.5. The second kappa shape index (κ2) is 4.88. The lowest BCUT2D eigenvalue weighted by Crippen LogP contribution is -1.82. The summed E-state index contributed by atoms with van der Waals surface area (Å²) in [6, 6.07) is 8.34. The van der Waals surface area contributed by atoms with Gasteiger partial charge in [0.2, 0.25) is 0 Å². The van der Waals surface area contributed by atoms with Crippen molar-refractivity contribution in [3.05, 3.63) is 40.3 Å². The van der Waals surface area contributed by atoms with E-state index in [1.165, 1.54) is 16.0 Å². The SMILES string of the molecule is CC(C#N)=CSc1c(C)cccc1C. The van der Waals surface area contributed by atoms with Gasteiger partial charge in [0.15, 0.2) is 0 Å². The fraction of sp³-hybridized carbons (Fsp3) is 0.250. The van der Waals surface area contributed by atoms with Crippen LogP contribution in [0.2, 0.25) is 0 Å². The molecule has 0 spiro atoms. The first-order chi connectivity index (χ1) is 6.65. The third-order valence-electron chi connectivity index (χ3n) is 1.94. The minimum Gasteiger partial charge on any atom is -0.193 e. The Morgan fingerprint density at radius 2 is 1.93 bits per heavy atom. The predicted molar refractivity (Wildman–Crippen MR) is 61.1 cm³/mol. The summed E-state index contributed by atoms with van der Waals surface area (Å²) in [6.07, 6.45) is 0. The summed E-state index contributed by atoms with van der Waals surface area (Å²) >= 11 is 1.62. The van der Waals surface area contributed by atoms with Gasteiger partial charge in [-0.2, -0.15) is 5.26 Å². The molecular weight excluding hydrogens is 190 g/mol. The number of nitriles is 1. The van der Waals surface area contributed by atoms with Crippen molar-refractivity contribution in [2.24, 2.45) is 0 Å². The molecule has 1 rings (SSSR count). The minimum atomic E-state index is 0.748. The highest BCUT2D eigenvalue weighted by atomic mass is 32.2. The molecule has 0 aliphatic heterocycles. The van der Waals surface area contributed by atoms with Crippen LogP contribution in [-0.4, -0.2) is 0 Å². The van der Waals surface area contributed by atoms with Crippen molar-refractivity contribution in [1.29, 1.82) is 5.26 Å². The minimum absolute atomic E-state index is 0.748. The zero-order chi connectivity index (χ0) is 10.6. The molecule has 0 unspecified atom stereocenters. The summed E-state index contributed by atoms with van der Waals surface area (Å²) in [7, 11) is 0. The van der Waals surface area contributed by atoms with Crippen LogP contribution in [0.4, 0.5) is 0 Å². The van der Waals surface area contributed by atoms with Gasteiger partial charge in [0.25, 0.3) is 0 Å². The number of nitrogens with zero attached hydrogens (tertiary/aromatic N) is 1. The second-order valence-electron chi connectivity index (χ2n) is 3.25. The Bertz CT molecular complexity index is 379. The maximum Gasteiger partial charge on any atom is 0.0949 e. The predicted octanol–water partition coefficient (Wildman–Crippen LogP) is 3.82. The Morgan fingerprint density at radius 1 is 1.36 bits per heavy atom. The molecule has 0 N–H and O–H groups in total. The molecule has 1 aromatic rings. The smallest absolute Gasteiger partial charge is 0.0949 e. The van der Waals surface area contributed by atoms with Crippen molar-refractivity contribution >= 4 is 11.8 Å². The van der Waals surface area contributed by atoms with Crippen molar-refractivity contribution in [1.82, 2.24) is 0 Å². The molecule has 1 nitrogen and oxygen atoms in total. The molecule has 0 amide bonds. The van der Waals surface area contributed by atoms with Crippen molar-refractivity contribution in [3.63, 3.8) is 0 Å². The highest BCUT2D eigenvalue weighted by Crippen LogP contribution is 2.27. The quantitative estimate of drug-likeness (QED) is 0.539. The molecule has 0 aliphatic carbocycles. The van der Waals surface area contributed by atoms with E-state index >= 15 is 0 Å². The van der Waals surface area contributed by atoms with Crippen LogP contribution < -0.4 is 0 Å². The molecule has 0 atom stereocenters. The Hall–Kier alpha value is -1.20. The molecule has 14 heavy (non-hydrogen) atoms. The number of thioether (sulfide) groups is 1. The van der Waals surface area contributed by atoms with Gasteiger partial charge in [-0.05, 0) is 37.3 Å². The van der Waals surface area contributed by atoms with Gasteiger partial charge >= 0.3 is 0 Å². The van der Waals surface area contributed by atoms with E-state index in [0.717, 1.165) is 5.57 Å². The van der Waals surface area contributed by atoms with E-state index in [0.29, 0.717) is 0 Å². The van der Waals surface area contributed by atoms with Crippen molar-refractivity contribution in [2.75, 3.05) is 0 Å². The molecule has 0 bridgehead atoms. The normalized spacial score (nSPS) is 11.1. The van der Waals surface area contributed by atoms with Gasteiger partial charge in [0, 0.05) is 10.5 Å². The molecule has 0 radical (unpaired) electrons. The van der Waals surface area contributed by atoms with Crippen LogP contribution in [0.5, 0.6) is 0 Å². The maximum absolute atomic E-state index is 8.62. The van der Waals surface area contributed by atoms with Crippen LogP contribution in [-0.2, 0) is 0 Å². The van der Waals surface area contributed by atoms with Crippen LogP contribution in [0.1, 0.15) is 18.1 Å². The number of rotatable bonds is 2. The Balaban J connectivity index is 2.93. The molecule has 0 aromatic heterocycles. The molecule has 0 fully saturated rings. The molecule has 1 aromatic carbocycles. The lowest BCUT2D eigenvalue weighted by Gasteiger charge is -2.05. The maximum atomic E-state index is 8.62. The highest BCUT2D eigenvalue weighted by Gasteiger charge is 2.00. The first-order valence-corrected chi connectivity index (χ1v) is 5.33. The summed E-state index contributed by atoms with van der Waals surface area (Å²) in [6.45, 7) is 6.00. The average molecular weight is 203 g/mol. The van der Waals surface area contributed by atoms with E-state index in [-0.39, 0.29) is 0 Å². The molecule has 0 saturated carbocycles. The Kier molecular flexibility index (Phi) is 3.79. The highest BCUT2D eigenvalue weighted by molar-refractivity contribution is 8.02. The summed E-state index contributed by atoms with van der Waals surface area (Å²) in [5.74, 6) is 0. The van der Waals surface area contributed by atoms with Gasteiger partial charge in [-0.3, -0.25) is 0 Å². The fourth-order valence-corrected chi connectivity index (χ4v) is 2.01. The number of aryl methyl sites for hydroxylation is 2. The summed E-state index contributed by atoms with van der Waals surface area (Å²) in [4.78, 5) is 1.25. The van der Waals surface area contributed by atoms with Gasteiger partial charge in [-0.1, -0.05) is 30.0 Å². The molecule has 0 heterocycles. The lowest BCUT2D eigenvalue weighted by atomic mass is 10.2. The van der Waals surface area contributed by atoms with Gasteiger partial charge < -0.3 is 0 Å². The van der Waals surface area contributed by atoms with Crippen molar-refractivity contribution in [2.45, 2.75) is 25.7 Å². The van der Waals surface area contributed by atoms with Crippen LogP contribution in [0.15, 0.2) is 34.1 Å². The van der Waals surface area contributed by atoms with E-state index in [2.05, 4.69) is 38.1 Å². The van der Waals surface area contributed by atoms with E-state index in [1.807, 2.05) is 12.3 Å². The second-order valence-corrected chi connectivity index (χ2v) is 4.13. The first-order valence-electron chi connectivity index (χ1n) is 4.45. The van der Waals surface area contributed by atoms with Gasteiger partial charge in [-0.15, -0.1) is 0 Å². The number of benzene rings is 1. The topological polar surface area (TPSA) is 23.8 Å². The van der Waals surface area contributed by atoms with Crippen LogP contribution >= 0.6 is 11.8 Å². The molecule has 0 saturated heterocycles. The number of hydrogen-bond donors (Lipinski definition) is 0. The van der Waals surface area contributed by atoms with Crippen LogP contribution in [0.25, 0.3) is 0 Å². The van der Waals surface area contributed by atoms with Crippen molar-refractivity contribution < 1.29 is 0 Å². The van der Waals surface area contributed by atoms with Gasteiger partial charge in [0.1, 0.15) is 0 Å². The monoisotopic (exact) mass is 203 g/mol. The van der Waals surface area contributed by atoms with E-state index < -0.39 is 0 Å². The molecule has 0 aliphatic rings. The van der Waals surface area contributed by atoms with Gasteiger partial charge in [0.05, 0.1) is 6.07 Å². The van der Waals surface area contributed by atoms with E-state index in [4.69, 9.17) is 5.26 Å². The largest absolute Gasteiger partial charge is 0.193 e. The fourth-order valence-electron chi connectivity index (χ4n) is 1.16. The Labute approximate surface area is 89.4 Å². The molecule has 2 heteroatoms. The third-order valence-corrected chi connectivity index (χ3v) is 3.29. The van der Waals surface area contributed by atoms with E-state index in [9.17, 15) is 0 Å². The summed E-state index contributed by atoms with van der Waals surface area (Å²) < 4.78 is 0. The van der Waals surface area contributed by atoms with Crippen molar-refractivity contribution in [3.8, 4) is 6.07 Å². The Morgan fingerprint density at radius 3 is 2.43 bits per heavy atom. The summed E-state index contributed by atoms with van der Waals surface area (Å²) in [5.41, 5.74) is 3.27. The number of allylic oxidation sites excluding steroid dienone is 1.